The molecule has 5 nitrogen and oxygen atoms in total. The van der Waals surface area contributed by atoms with Crippen molar-refractivity contribution >= 4 is 15.9 Å². The summed E-state index contributed by atoms with van der Waals surface area (Å²) in [4.78, 5) is 13.7. The molecule has 0 aromatic heterocycles. The summed E-state index contributed by atoms with van der Waals surface area (Å²) in [5.74, 6) is -2.39. The molecule has 0 bridgehead atoms. The van der Waals surface area contributed by atoms with Crippen molar-refractivity contribution in [2.24, 2.45) is 0 Å². The van der Waals surface area contributed by atoms with Gasteiger partial charge in [-0.05, 0) is 24.6 Å². The standard InChI is InChI=1S/C15H20F2N2O3S/c1-2-3-10-23(21,22)19-8-6-18(7-9-19)15(20)12-4-5-13(16)14(17)11-12/h4-5,11H,2-3,6-10H2,1H3. The van der Waals surface area contributed by atoms with Crippen LogP contribution in [0.2, 0.25) is 0 Å². The number of sulfonamides is 1. The van der Waals surface area contributed by atoms with E-state index in [0.717, 1.165) is 18.6 Å². The Labute approximate surface area is 134 Å². The van der Waals surface area contributed by atoms with Crippen LogP contribution >= 0.6 is 0 Å². The minimum atomic E-state index is -3.29. The third-order valence-electron chi connectivity index (χ3n) is 3.84. The number of unbranched alkanes of at least 4 members (excludes halogenated alkanes) is 1. The smallest absolute Gasteiger partial charge is 0.254 e. The molecule has 0 spiro atoms. The monoisotopic (exact) mass is 346 g/mol. The normalized spacial score (nSPS) is 16.6. The van der Waals surface area contributed by atoms with Crippen molar-refractivity contribution in [1.82, 2.24) is 9.21 Å². The quantitative estimate of drug-likeness (QED) is 0.818. The highest BCUT2D eigenvalue weighted by Crippen LogP contribution is 2.15. The Kier molecular flexibility index (Phi) is 5.69. The van der Waals surface area contributed by atoms with Gasteiger partial charge in [0, 0.05) is 31.7 Å². The van der Waals surface area contributed by atoms with Crippen LogP contribution in [0.3, 0.4) is 0 Å². The lowest BCUT2D eigenvalue weighted by atomic mass is 10.1. The van der Waals surface area contributed by atoms with Gasteiger partial charge in [0.2, 0.25) is 10.0 Å². The van der Waals surface area contributed by atoms with E-state index < -0.39 is 27.6 Å². The molecule has 2 rings (SSSR count). The molecule has 0 atom stereocenters. The van der Waals surface area contributed by atoms with Gasteiger partial charge in [-0.1, -0.05) is 13.3 Å². The molecule has 0 unspecified atom stereocenters. The molecule has 8 heteroatoms. The summed E-state index contributed by atoms with van der Waals surface area (Å²) < 4.78 is 51.7. The van der Waals surface area contributed by atoms with Crippen LogP contribution in [0.5, 0.6) is 0 Å². The Balaban J connectivity index is 1.98. The molecule has 0 radical (unpaired) electrons. The number of amides is 1. The number of benzene rings is 1. The van der Waals surface area contributed by atoms with Gasteiger partial charge in [0.1, 0.15) is 0 Å². The van der Waals surface area contributed by atoms with E-state index in [4.69, 9.17) is 0 Å². The number of hydrogen-bond donors (Lipinski definition) is 0. The first-order chi connectivity index (χ1) is 10.8. The molecule has 1 fully saturated rings. The SMILES string of the molecule is CCCCS(=O)(=O)N1CCN(C(=O)c2ccc(F)c(F)c2)CC1. The van der Waals surface area contributed by atoms with E-state index in [-0.39, 0.29) is 37.5 Å². The first-order valence-electron chi connectivity index (χ1n) is 7.57. The summed E-state index contributed by atoms with van der Waals surface area (Å²) in [5, 5.41) is 0. The number of halogens is 2. The number of hydrogen-bond acceptors (Lipinski definition) is 3. The third kappa shape index (κ3) is 4.26. The Morgan fingerprint density at radius 3 is 2.35 bits per heavy atom. The Morgan fingerprint density at radius 1 is 1.13 bits per heavy atom. The van der Waals surface area contributed by atoms with Crippen molar-refractivity contribution < 1.29 is 22.0 Å². The second kappa shape index (κ2) is 7.35. The molecular formula is C15H20F2N2O3S. The van der Waals surface area contributed by atoms with E-state index >= 15 is 0 Å². The summed E-state index contributed by atoms with van der Waals surface area (Å²) in [6.45, 7) is 2.85. The summed E-state index contributed by atoms with van der Waals surface area (Å²) >= 11 is 0. The molecule has 0 saturated carbocycles. The van der Waals surface area contributed by atoms with E-state index in [2.05, 4.69) is 0 Å². The zero-order valence-corrected chi connectivity index (χ0v) is 13.8. The average Bonchev–Trinajstić information content (AvgIpc) is 2.55. The van der Waals surface area contributed by atoms with Crippen LogP contribution in [0.1, 0.15) is 30.1 Å². The van der Waals surface area contributed by atoms with E-state index in [9.17, 15) is 22.0 Å². The molecule has 1 aromatic rings. The van der Waals surface area contributed by atoms with Gasteiger partial charge >= 0.3 is 0 Å². The lowest BCUT2D eigenvalue weighted by Gasteiger charge is -2.34. The largest absolute Gasteiger partial charge is 0.336 e. The maximum atomic E-state index is 13.2. The number of rotatable bonds is 5. The van der Waals surface area contributed by atoms with Crippen LogP contribution in [0, 0.1) is 11.6 Å². The van der Waals surface area contributed by atoms with Gasteiger partial charge in [-0.3, -0.25) is 4.79 Å². The van der Waals surface area contributed by atoms with Crippen molar-refractivity contribution in [1.29, 1.82) is 0 Å². The lowest BCUT2D eigenvalue weighted by molar-refractivity contribution is 0.0697. The van der Waals surface area contributed by atoms with E-state index in [1.807, 2.05) is 6.92 Å². The van der Waals surface area contributed by atoms with E-state index in [1.165, 1.54) is 15.3 Å². The number of nitrogens with zero attached hydrogens (tertiary/aromatic N) is 2. The predicted octanol–water partition coefficient (Wildman–Crippen LogP) is 1.85. The second-order valence-electron chi connectivity index (χ2n) is 5.49. The molecular weight excluding hydrogens is 326 g/mol. The fraction of sp³-hybridized carbons (Fsp3) is 0.533. The van der Waals surface area contributed by atoms with Crippen LogP contribution in [-0.4, -0.2) is 55.5 Å². The third-order valence-corrected chi connectivity index (χ3v) is 5.80. The average molecular weight is 346 g/mol. The van der Waals surface area contributed by atoms with Gasteiger partial charge < -0.3 is 4.90 Å². The molecule has 1 aliphatic rings. The molecule has 1 aliphatic heterocycles. The first-order valence-corrected chi connectivity index (χ1v) is 9.18. The molecule has 23 heavy (non-hydrogen) atoms. The van der Waals surface area contributed by atoms with Crippen LogP contribution in [-0.2, 0) is 10.0 Å². The zero-order chi connectivity index (χ0) is 17.0. The highest BCUT2D eigenvalue weighted by molar-refractivity contribution is 7.89. The Bertz CT molecular complexity index is 671. The van der Waals surface area contributed by atoms with Gasteiger partial charge in [-0.15, -0.1) is 0 Å². The van der Waals surface area contributed by atoms with Crippen LogP contribution < -0.4 is 0 Å². The van der Waals surface area contributed by atoms with Crippen LogP contribution in [0.4, 0.5) is 8.78 Å². The molecule has 0 aliphatic carbocycles. The van der Waals surface area contributed by atoms with Crippen LogP contribution in [0.25, 0.3) is 0 Å². The van der Waals surface area contributed by atoms with E-state index in [1.54, 1.807) is 0 Å². The maximum Gasteiger partial charge on any atom is 0.254 e. The van der Waals surface area contributed by atoms with Crippen molar-refractivity contribution in [3.8, 4) is 0 Å². The number of carbonyl (C=O) groups is 1. The summed E-state index contributed by atoms with van der Waals surface area (Å²) in [5.41, 5.74) is 0.0613. The van der Waals surface area contributed by atoms with Crippen molar-refractivity contribution in [3.05, 3.63) is 35.4 Å². The highest BCUT2D eigenvalue weighted by Gasteiger charge is 2.29. The minimum absolute atomic E-state index is 0.0613. The topological polar surface area (TPSA) is 57.7 Å². The van der Waals surface area contributed by atoms with Gasteiger partial charge in [0.25, 0.3) is 5.91 Å². The van der Waals surface area contributed by atoms with Gasteiger partial charge in [-0.25, -0.2) is 17.2 Å². The zero-order valence-electron chi connectivity index (χ0n) is 13.0. The lowest BCUT2D eigenvalue weighted by Crippen LogP contribution is -2.51. The first kappa shape index (κ1) is 17.8. The van der Waals surface area contributed by atoms with Gasteiger partial charge in [0.15, 0.2) is 11.6 Å². The summed E-state index contributed by atoms with van der Waals surface area (Å²) in [6, 6.07) is 3.00. The molecule has 1 saturated heterocycles. The fourth-order valence-corrected chi connectivity index (χ4v) is 4.07. The summed E-state index contributed by atoms with van der Waals surface area (Å²) in [6.07, 6.45) is 1.41. The second-order valence-corrected chi connectivity index (χ2v) is 7.58. The number of piperazine rings is 1. The fourth-order valence-electron chi connectivity index (χ4n) is 2.44. The maximum absolute atomic E-state index is 13.2. The van der Waals surface area contributed by atoms with Crippen molar-refractivity contribution in [2.75, 3.05) is 31.9 Å². The van der Waals surface area contributed by atoms with Crippen LogP contribution in [0.15, 0.2) is 18.2 Å². The molecule has 1 heterocycles. The summed E-state index contributed by atoms with van der Waals surface area (Å²) in [7, 11) is -3.29. The van der Waals surface area contributed by atoms with E-state index in [0.29, 0.717) is 6.42 Å². The van der Waals surface area contributed by atoms with Gasteiger partial charge in [-0.2, -0.15) is 4.31 Å². The predicted molar refractivity (Wildman–Crippen MR) is 82.5 cm³/mol. The molecule has 1 amide bonds. The number of carbonyl (C=O) groups excluding carboxylic acids is 1. The van der Waals surface area contributed by atoms with Crippen molar-refractivity contribution in [2.45, 2.75) is 19.8 Å². The highest BCUT2D eigenvalue weighted by atomic mass is 32.2. The van der Waals surface area contributed by atoms with Crippen molar-refractivity contribution in [3.63, 3.8) is 0 Å². The Hall–Kier alpha value is -1.54. The van der Waals surface area contributed by atoms with Gasteiger partial charge in [0.05, 0.1) is 5.75 Å². The molecule has 0 N–H and O–H groups in total. The Morgan fingerprint density at radius 2 is 1.78 bits per heavy atom. The molecule has 128 valence electrons. The minimum Gasteiger partial charge on any atom is -0.336 e. The molecule has 1 aromatic carbocycles.